The van der Waals surface area contributed by atoms with E-state index in [9.17, 15) is 14.0 Å². The first-order valence-electron chi connectivity index (χ1n) is 10.7. The minimum absolute atomic E-state index is 0.0318. The van der Waals surface area contributed by atoms with Crippen molar-refractivity contribution >= 4 is 18.0 Å². The third-order valence-electron chi connectivity index (χ3n) is 6.17. The summed E-state index contributed by atoms with van der Waals surface area (Å²) in [6.07, 6.45) is 3.58. The van der Waals surface area contributed by atoms with Crippen molar-refractivity contribution in [3.05, 3.63) is 69.9 Å². The molecule has 0 saturated carbocycles. The third kappa shape index (κ3) is 3.88. The molecule has 0 aliphatic carbocycles. The first kappa shape index (κ1) is 22.0. The van der Waals surface area contributed by atoms with E-state index in [1.165, 1.54) is 19.2 Å². The number of allylic oxidation sites excluding steroid dienone is 1. The van der Waals surface area contributed by atoms with Gasteiger partial charge in [-0.25, -0.2) is 9.18 Å². The smallest absolute Gasteiger partial charge is 0.340 e. The third-order valence-corrected chi connectivity index (χ3v) is 6.17. The van der Waals surface area contributed by atoms with Crippen molar-refractivity contribution in [3.8, 4) is 5.69 Å². The molecule has 32 heavy (non-hydrogen) atoms. The summed E-state index contributed by atoms with van der Waals surface area (Å²) >= 11 is 0. The van der Waals surface area contributed by atoms with E-state index < -0.39 is 5.97 Å². The molecule has 0 radical (unpaired) electrons. The zero-order valence-corrected chi connectivity index (χ0v) is 18.8. The van der Waals surface area contributed by atoms with Gasteiger partial charge in [-0.2, -0.15) is 0 Å². The highest BCUT2D eigenvalue weighted by molar-refractivity contribution is 6.16. The molecule has 0 unspecified atom stereocenters. The molecule has 1 aromatic carbocycles. The molecular weight excluding hydrogens is 411 g/mol. The van der Waals surface area contributed by atoms with Gasteiger partial charge in [-0.15, -0.1) is 0 Å². The Bertz CT molecular complexity index is 1120. The molecule has 2 aliphatic rings. The van der Waals surface area contributed by atoms with Crippen LogP contribution in [0.5, 0.6) is 0 Å². The number of carbonyl (C=O) groups excluding carboxylic acids is 2. The van der Waals surface area contributed by atoms with Crippen LogP contribution >= 0.6 is 0 Å². The van der Waals surface area contributed by atoms with E-state index in [1.807, 2.05) is 24.5 Å². The Morgan fingerprint density at radius 2 is 1.97 bits per heavy atom. The first-order chi connectivity index (χ1) is 15.3. The van der Waals surface area contributed by atoms with Crippen LogP contribution < -0.4 is 0 Å². The molecule has 1 atom stereocenters. The largest absolute Gasteiger partial charge is 0.465 e. The van der Waals surface area contributed by atoms with E-state index in [4.69, 9.17) is 9.47 Å². The van der Waals surface area contributed by atoms with Gasteiger partial charge in [0.2, 0.25) is 0 Å². The second kappa shape index (κ2) is 8.74. The molecule has 1 amide bonds. The highest BCUT2D eigenvalue weighted by atomic mass is 19.1. The maximum Gasteiger partial charge on any atom is 0.340 e. The van der Waals surface area contributed by atoms with Crippen LogP contribution in [0.2, 0.25) is 0 Å². The lowest BCUT2D eigenvalue weighted by Gasteiger charge is -2.21. The SMILES string of the molecule is COC(=O)C1=C(C)N(C[C@H]2CCCO2)C(=O)/C1=C\c1cc(C)n(-c2ccc(F)cc2)c1C. The average molecular weight is 438 g/mol. The highest BCUT2D eigenvalue weighted by Crippen LogP contribution is 2.34. The van der Waals surface area contributed by atoms with E-state index in [0.29, 0.717) is 24.4 Å². The van der Waals surface area contributed by atoms with Gasteiger partial charge in [-0.1, -0.05) is 0 Å². The van der Waals surface area contributed by atoms with Crippen LogP contribution in [0.1, 0.15) is 36.7 Å². The Kier molecular flexibility index (Phi) is 6.02. The fraction of sp³-hybridized carbons (Fsp3) is 0.360. The fourth-order valence-corrected chi connectivity index (χ4v) is 4.52. The summed E-state index contributed by atoms with van der Waals surface area (Å²) in [5.41, 5.74) is 4.62. The van der Waals surface area contributed by atoms with Crippen LogP contribution in [0.4, 0.5) is 4.39 Å². The van der Waals surface area contributed by atoms with Crippen molar-refractivity contribution in [2.24, 2.45) is 0 Å². The lowest BCUT2D eigenvalue weighted by atomic mass is 10.0. The number of hydrogen-bond donors (Lipinski definition) is 0. The summed E-state index contributed by atoms with van der Waals surface area (Å²) in [7, 11) is 1.31. The minimum atomic E-state index is -0.538. The number of rotatable bonds is 5. The molecule has 2 aromatic rings. The molecular formula is C25H27FN2O4. The molecule has 0 bridgehead atoms. The molecule has 168 valence electrons. The summed E-state index contributed by atoms with van der Waals surface area (Å²) in [6.45, 7) is 6.75. The number of methoxy groups -OCH3 is 1. The van der Waals surface area contributed by atoms with Gasteiger partial charge >= 0.3 is 5.97 Å². The van der Waals surface area contributed by atoms with Gasteiger partial charge in [-0.3, -0.25) is 4.79 Å². The summed E-state index contributed by atoms with van der Waals surface area (Å²) in [5.74, 6) is -1.07. The van der Waals surface area contributed by atoms with Crippen molar-refractivity contribution in [3.63, 3.8) is 0 Å². The molecule has 1 fully saturated rings. The zero-order valence-electron chi connectivity index (χ0n) is 18.8. The molecule has 1 aromatic heterocycles. The van der Waals surface area contributed by atoms with Crippen molar-refractivity contribution in [2.45, 2.75) is 39.7 Å². The minimum Gasteiger partial charge on any atom is -0.465 e. The number of ether oxygens (including phenoxy) is 2. The van der Waals surface area contributed by atoms with Gasteiger partial charge in [0.25, 0.3) is 5.91 Å². The molecule has 0 N–H and O–H groups in total. The summed E-state index contributed by atoms with van der Waals surface area (Å²) in [5, 5.41) is 0. The van der Waals surface area contributed by atoms with E-state index in [-0.39, 0.29) is 23.4 Å². The topological polar surface area (TPSA) is 60.8 Å². The van der Waals surface area contributed by atoms with Crippen LogP contribution in [0, 0.1) is 19.7 Å². The van der Waals surface area contributed by atoms with E-state index >= 15 is 0 Å². The number of halogens is 1. The van der Waals surface area contributed by atoms with Gasteiger partial charge in [-0.05, 0) is 75.6 Å². The monoisotopic (exact) mass is 438 g/mol. The quantitative estimate of drug-likeness (QED) is 0.521. The van der Waals surface area contributed by atoms with E-state index in [1.54, 1.807) is 30.0 Å². The van der Waals surface area contributed by atoms with Crippen LogP contribution in [0.3, 0.4) is 0 Å². The Morgan fingerprint density at radius 1 is 1.25 bits per heavy atom. The predicted octanol–water partition coefficient (Wildman–Crippen LogP) is 4.08. The van der Waals surface area contributed by atoms with Gasteiger partial charge < -0.3 is 18.9 Å². The van der Waals surface area contributed by atoms with Gasteiger partial charge in [0.1, 0.15) is 5.82 Å². The molecule has 0 spiro atoms. The second-order valence-corrected chi connectivity index (χ2v) is 8.20. The number of carbonyl (C=O) groups is 2. The van der Waals surface area contributed by atoms with Crippen molar-refractivity contribution in [1.82, 2.24) is 9.47 Å². The Hall–Kier alpha value is -3.19. The summed E-state index contributed by atoms with van der Waals surface area (Å²) in [6, 6.07) is 8.20. The van der Waals surface area contributed by atoms with Crippen LogP contribution in [0.15, 0.2) is 47.2 Å². The number of benzene rings is 1. The van der Waals surface area contributed by atoms with Crippen LogP contribution in [-0.2, 0) is 19.1 Å². The lowest BCUT2D eigenvalue weighted by Crippen LogP contribution is -2.33. The van der Waals surface area contributed by atoms with E-state index in [2.05, 4.69) is 0 Å². The number of esters is 1. The molecule has 6 nitrogen and oxygen atoms in total. The summed E-state index contributed by atoms with van der Waals surface area (Å²) in [4.78, 5) is 27.6. The van der Waals surface area contributed by atoms with Crippen LogP contribution in [-0.4, -0.2) is 47.7 Å². The zero-order chi connectivity index (χ0) is 23.0. The average Bonchev–Trinajstić information content (AvgIpc) is 3.44. The van der Waals surface area contributed by atoms with Gasteiger partial charge in [0, 0.05) is 29.4 Å². The first-order valence-corrected chi connectivity index (χ1v) is 10.7. The van der Waals surface area contributed by atoms with Crippen molar-refractivity contribution in [2.75, 3.05) is 20.3 Å². The number of amides is 1. The second-order valence-electron chi connectivity index (χ2n) is 8.20. The molecule has 4 rings (SSSR count). The highest BCUT2D eigenvalue weighted by Gasteiger charge is 2.38. The molecule has 1 saturated heterocycles. The fourth-order valence-electron chi connectivity index (χ4n) is 4.52. The number of nitrogens with zero attached hydrogens (tertiary/aromatic N) is 2. The number of hydrogen-bond acceptors (Lipinski definition) is 4. The maximum atomic E-state index is 13.4. The van der Waals surface area contributed by atoms with Crippen LogP contribution in [0.25, 0.3) is 11.8 Å². The maximum absolute atomic E-state index is 13.4. The Morgan fingerprint density at radius 3 is 2.59 bits per heavy atom. The Balaban J connectivity index is 1.75. The van der Waals surface area contributed by atoms with Gasteiger partial charge in [0.05, 0.1) is 30.9 Å². The van der Waals surface area contributed by atoms with Crippen molar-refractivity contribution in [1.29, 1.82) is 0 Å². The standard InChI is InChI=1S/C25H27FN2O4/c1-15-12-18(16(2)28(15)20-9-7-19(26)8-10-20)13-22-23(25(30)31-4)17(3)27(24(22)29)14-21-6-5-11-32-21/h7-10,12-13,21H,5-6,11,14H2,1-4H3/b22-13-/t21-/m1/s1. The molecule has 7 heteroatoms. The normalized spacial score (nSPS) is 20.0. The van der Waals surface area contributed by atoms with Crippen molar-refractivity contribution < 1.29 is 23.5 Å². The molecule has 3 heterocycles. The van der Waals surface area contributed by atoms with Gasteiger partial charge in [0.15, 0.2) is 0 Å². The summed E-state index contributed by atoms with van der Waals surface area (Å²) < 4.78 is 26.1. The number of aryl methyl sites for hydroxylation is 1. The Labute approximate surface area is 186 Å². The lowest BCUT2D eigenvalue weighted by molar-refractivity contribution is -0.136. The number of aromatic nitrogens is 1. The molecule has 2 aliphatic heterocycles. The van der Waals surface area contributed by atoms with E-state index in [0.717, 1.165) is 35.5 Å². The predicted molar refractivity (Wildman–Crippen MR) is 119 cm³/mol.